The number of rotatable bonds is 5. The molecule has 3 rings (SSSR count). The van der Waals surface area contributed by atoms with E-state index in [4.69, 9.17) is 9.47 Å². The van der Waals surface area contributed by atoms with Crippen molar-refractivity contribution in [2.45, 2.75) is 31.3 Å². The predicted molar refractivity (Wildman–Crippen MR) is 93.5 cm³/mol. The van der Waals surface area contributed by atoms with Crippen molar-refractivity contribution in [2.75, 3.05) is 13.2 Å². The van der Waals surface area contributed by atoms with Gasteiger partial charge in [0.2, 0.25) is 0 Å². The standard InChI is InChI=1S/C19H23NO6/c1-3-25-19(24)14-12(18-17(23)16(22)13(10-21)26-18)9-20(2)15(14)11-7-5-4-6-8-11/h4-9,13,16-18,21-23H,3,10H2,1-2H3/t13-,16-,17-,18+/m1/s1. The molecule has 3 N–H and O–H groups in total. The first-order valence-corrected chi connectivity index (χ1v) is 8.53. The summed E-state index contributed by atoms with van der Waals surface area (Å²) in [6, 6.07) is 9.36. The van der Waals surface area contributed by atoms with Crippen LogP contribution >= 0.6 is 0 Å². The Kier molecular flexibility index (Phi) is 5.43. The van der Waals surface area contributed by atoms with Crippen LogP contribution in [0.3, 0.4) is 0 Å². The number of ether oxygens (including phenoxy) is 2. The Morgan fingerprint density at radius 1 is 1.23 bits per heavy atom. The molecule has 1 aromatic carbocycles. The Bertz CT molecular complexity index is 772. The quantitative estimate of drug-likeness (QED) is 0.688. The molecule has 4 atom stereocenters. The summed E-state index contributed by atoms with van der Waals surface area (Å²) in [5.41, 5.74) is 2.16. The van der Waals surface area contributed by atoms with E-state index in [1.165, 1.54) is 0 Å². The van der Waals surface area contributed by atoms with Crippen LogP contribution in [-0.4, -0.2) is 57.4 Å². The van der Waals surface area contributed by atoms with E-state index in [9.17, 15) is 20.1 Å². The summed E-state index contributed by atoms with van der Waals surface area (Å²) in [4.78, 5) is 12.7. The molecule has 0 aliphatic carbocycles. The number of hydrogen-bond acceptors (Lipinski definition) is 6. The third-order valence-electron chi connectivity index (χ3n) is 4.59. The van der Waals surface area contributed by atoms with E-state index in [0.29, 0.717) is 11.3 Å². The van der Waals surface area contributed by atoms with Crippen LogP contribution in [0.25, 0.3) is 11.3 Å². The molecule has 0 radical (unpaired) electrons. The molecule has 2 heterocycles. The maximum atomic E-state index is 12.7. The Hall–Kier alpha value is -2.19. The van der Waals surface area contributed by atoms with Gasteiger partial charge in [0, 0.05) is 18.8 Å². The molecule has 7 heteroatoms. The molecule has 1 aliphatic rings. The first-order valence-electron chi connectivity index (χ1n) is 8.53. The van der Waals surface area contributed by atoms with E-state index in [1.807, 2.05) is 30.3 Å². The highest BCUT2D eigenvalue weighted by Crippen LogP contribution is 2.39. The van der Waals surface area contributed by atoms with E-state index in [2.05, 4.69) is 0 Å². The van der Waals surface area contributed by atoms with Crippen LogP contribution in [0.2, 0.25) is 0 Å². The number of nitrogens with zero attached hydrogens (tertiary/aromatic N) is 1. The first kappa shape index (κ1) is 18.6. The number of aliphatic hydroxyl groups is 3. The van der Waals surface area contributed by atoms with Gasteiger partial charge in [0.25, 0.3) is 0 Å². The fraction of sp³-hybridized carbons (Fsp3) is 0.421. The predicted octanol–water partition coefficient (Wildman–Crippen LogP) is 1.02. The minimum absolute atomic E-state index is 0.206. The van der Waals surface area contributed by atoms with Gasteiger partial charge in [-0.25, -0.2) is 4.79 Å². The third kappa shape index (κ3) is 3.14. The van der Waals surface area contributed by atoms with E-state index in [1.54, 1.807) is 24.7 Å². The van der Waals surface area contributed by atoms with Crippen LogP contribution in [0.15, 0.2) is 36.5 Å². The van der Waals surface area contributed by atoms with Crippen LogP contribution in [0, 0.1) is 0 Å². The fourth-order valence-corrected chi connectivity index (χ4v) is 3.38. The highest BCUT2D eigenvalue weighted by Gasteiger charge is 2.45. The lowest BCUT2D eigenvalue weighted by molar-refractivity contribution is -0.0230. The maximum absolute atomic E-state index is 12.7. The smallest absolute Gasteiger partial charge is 0.340 e. The Labute approximate surface area is 151 Å². The lowest BCUT2D eigenvalue weighted by Crippen LogP contribution is -2.32. The summed E-state index contributed by atoms with van der Waals surface area (Å²) >= 11 is 0. The van der Waals surface area contributed by atoms with Gasteiger partial charge < -0.3 is 29.4 Å². The summed E-state index contributed by atoms with van der Waals surface area (Å²) in [6.45, 7) is 1.49. The molecule has 0 spiro atoms. The number of carbonyl (C=O) groups is 1. The monoisotopic (exact) mass is 361 g/mol. The maximum Gasteiger partial charge on any atom is 0.340 e. The number of aryl methyl sites for hydroxylation is 1. The zero-order valence-electron chi connectivity index (χ0n) is 14.7. The van der Waals surface area contributed by atoms with Crippen molar-refractivity contribution in [2.24, 2.45) is 7.05 Å². The summed E-state index contributed by atoms with van der Waals surface area (Å²) < 4.78 is 12.6. The van der Waals surface area contributed by atoms with Gasteiger partial charge in [0.15, 0.2) is 0 Å². The number of aliphatic hydroxyl groups excluding tert-OH is 3. The van der Waals surface area contributed by atoms with Gasteiger partial charge in [-0.05, 0) is 12.5 Å². The normalized spacial score (nSPS) is 25.4. The lowest BCUT2D eigenvalue weighted by atomic mass is 9.97. The molecule has 140 valence electrons. The highest BCUT2D eigenvalue weighted by atomic mass is 16.6. The third-order valence-corrected chi connectivity index (χ3v) is 4.59. The average molecular weight is 361 g/mol. The van der Waals surface area contributed by atoms with E-state index in [-0.39, 0.29) is 12.2 Å². The second-order valence-electron chi connectivity index (χ2n) is 6.26. The first-order chi connectivity index (χ1) is 12.5. The average Bonchev–Trinajstić information content (AvgIpc) is 3.13. The molecule has 1 aliphatic heterocycles. The van der Waals surface area contributed by atoms with Crippen molar-refractivity contribution in [1.29, 1.82) is 0 Å². The molecule has 1 saturated heterocycles. The van der Waals surface area contributed by atoms with Gasteiger partial charge in [0.1, 0.15) is 24.4 Å². The van der Waals surface area contributed by atoms with Gasteiger partial charge in [-0.2, -0.15) is 0 Å². The molecule has 0 saturated carbocycles. The summed E-state index contributed by atoms with van der Waals surface area (Å²) in [6.07, 6.45) is -2.66. The number of aromatic nitrogens is 1. The molecule has 1 fully saturated rings. The van der Waals surface area contributed by atoms with Crippen LogP contribution in [0.1, 0.15) is 28.9 Å². The molecule has 2 aromatic rings. The van der Waals surface area contributed by atoms with Gasteiger partial charge in [-0.15, -0.1) is 0 Å². The fourth-order valence-electron chi connectivity index (χ4n) is 3.38. The molecule has 1 aromatic heterocycles. The van der Waals surface area contributed by atoms with Gasteiger partial charge in [-0.3, -0.25) is 0 Å². The largest absolute Gasteiger partial charge is 0.462 e. The van der Waals surface area contributed by atoms with Gasteiger partial charge in [0.05, 0.1) is 24.5 Å². The molecule has 26 heavy (non-hydrogen) atoms. The molecular formula is C19H23NO6. The lowest BCUT2D eigenvalue weighted by Gasteiger charge is -2.16. The molecular weight excluding hydrogens is 338 g/mol. The highest BCUT2D eigenvalue weighted by molar-refractivity contribution is 5.98. The second kappa shape index (κ2) is 7.59. The van der Waals surface area contributed by atoms with Crippen LogP contribution in [0.5, 0.6) is 0 Å². The van der Waals surface area contributed by atoms with Crippen molar-refractivity contribution in [3.8, 4) is 11.3 Å². The van der Waals surface area contributed by atoms with Crippen molar-refractivity contribution >= 4 is 5.97 Å². The SMILES string of the molecule is CCOC(=O)c1c([C@@H]2O[C@H](CO)[C@@H](O)[C@H]2O)cn(C)c1-c1ccccc1. The summed E-state index contributed by atoms with van der Waals surface area (Å²) in [5, 5.41) is 29.8. The van der Waals surface area contributed by atoms with E-state index >= 15 is 0 Å². The van der Waals surface area contributed by atoms with Crippen molar-refractivity contribution in [3.05, 3.63) is 47.7 Å². The second-order valence-corrected chi connectivity index (χ2v) is 6.26. The molecule has 0 bridgehead atoms. The number of esters is 1. The summed E-state index contributed by atoms with van der Waals surface area (Å²) in [7, 11) is 1.79. The van der Waals surface area contributed by atoms with Crippen molar-refractivity contribution in [3.63, 3.8) is 0 Å². The van der Waals surface area contributed by atoms with E-state index in [0.717, 1.165) is 5.56 Å². The summed E-state index contributed by atoms with van der Waals surface area (Å²) in [5.74, 6) is -0.528. The van der Waals surface area contributed by atoms with Crippen molar-refractivity contribution < 1.29 is 29.6 Å². The molecule has 0 unspecified atom stereocenters. The molecule has 7 nitrogen and oxygen atoms in total. The number of hydrogen-bond donors (Lipinski definition) is 3. The number of carbonyl (C=O) groups excluding carboxylic acids is 1. The number of benzene rings is 1. The van der Waals surface area contributed by atoms with E-state index < -0.39 is 37.0 Å². The van der Waals surface area contributed by atoms with Gasteiger partial charge >= 0.3 is 5.97 Å². The zero-order valence-corrected chi connectivity index (χ0v) is 14.7. The minimum atomic E-state index is -1.26. The van der Waals surface area contributed by atoms with Gasteiger partial charge in [-0.1, -0.05) is 30.3 Å². The van der Waals surface area contributed by atoms with Crippen LogP contribution in [-0.2, 0) is 16.5 Å². The Morgan fingerprint density at radius 3 is 2.50 bits per heavy atom. The topological polar surface area (TPSA) is 101 Å². The van der Waals surface area contributed by atoms with Crippen LogP contribution < -0.4 is 0 Å². The van der Waals surface area contributed by atoms with Crippen LogP contribution in [0.4, 0.5) is 0 Å². The zero-order chi connectivity index (χ0) is 18.8. The molecule has 0 amide bonds. The Balaban J connectivity index is 2.13. The minimum Gasteiger partial charge on any atom is -0.462 e. The Morgan fingerprint density at radius 2 is 1.92 bits per heavy atom. The van der Waals surface area contributed by atoms with Crippen molar-refractivity contribution in [1.82, 2.24) is 4.57 Å².